The summed E-state index contributed by atoms with van der Waals surface area (Å²) in [4.78, 5) is 52.1. The molecule has 4 atom stereocenters. The molecule has 0 saturated carbocycles. The maximum absolute atomic E-state index is 12.6. The van der Waals surface area contributed by atoms with Gasteiger partial charge in [0.25, 0.3) is 0 Å². The number of thioether (sulfide) groups is 2. The molecule has 4 rings (SSSR count). The van der Waals surface area contributed by atoms with Gasteiger partial charge in [0.2, 0.25) is 10.2 Å². The van der Waals surface area contributed by atoms with E-state index in [1.54, 1.807) is 21.9 Å². The van der Waals surface area contributed by atoms with Crippen molar-refractivity contribution in [3.8, 4) is 23.0 Å². The SMILES string of the molecule is O=C(CCN1C(C(=O)O)CSC1c1ccc(O)c(O)c1)SSC(=O)CCN1C(C(=O)O)CSC1c1ccc(O)c(O)c1. The lowest BCUT2D eigenvalue weighted by atomic mass is 10.1. The zero-order valence-corrected chi connectivity index (χ0v) is 25.1. The number of carboxylic acids is 2. The quantitative estimate of drug-likeness (QED) is 0.161. The van der Waals surface area contributed by atoms with Crippen LogP contribution in [0.5, 0.6) is 23.0 Å². The number of hydrogen-bond donors (Lipinski definition) is 6. The van der Waals surface area contributed by atoms with E-state index in [2.05, 4.69) is 0 Å². The number of hydrogen-bond acceptors (Lipinski definition) is 14. The molecule has 0 aliphatic carbocycles. The van der Waals surface area contributed by atoms with Crippen molar-refractivity contribution in [2.24, 2.45) is 0 Å². The molecule has 16 heteroatoms. The van der Waals surface area contributed by atoms with E-state index in [-0.39, 0.29) is 70.7 Å². The van der Waals surface area contributed by atoms with Gasteiger partial charge in [0.15, 0.2) is 23.0 Å². The smallest absolute Gasteiger partial charge is 0.321 e. The number of phenols is 4. The summed E-state index contributed by atoms with van der Waals surface area (Å²) in [5.74, 6) is -2.80. The van der Waals surface area contributed by atoms with Crippen molar-refractivity contribution in [3.05, 3.63) is 47.5 Å². The van der Waals surface area contributed by atoms with Crippen LogP contribution < -0.4 is 0 Å². The summed E-state index contributed by atoms with van der Waals surface area (Å²) in [6, 6.07) is 6.80. The van der Waals surface area contributed by atoms with Crippen LogP contribution in [0.25, 0.3) is 0 Å². The summed E-state index contributed by atoms with van der Waals surface area (Å²) >= 11 is 2.69. The number of benzene rings is 2. The highest BCUT2D eigenvalue weighted by Crippen LogP contribution is 2.45. The van der Waals surface area contributed by atoms with Crippen molar-refractivity contribution < 1.29 is 49.8 Å². The summed E-state index contributed by atoms with van der Waals surface area (Å²) in [5.41, 5.74) is 1.17. The molecule has 0 radical (unpaired) electrons. The molecule has 2 fully saturated rings. The second-order valence-corrected chi connectivity index (χ2v) is 13.9. The predicted octanol–water partition coefficient (Wildman–Crippen LogP) is 3.43. The highest BCUT2D eigenvalue weighted by Gasteiger charge is 2.41. The van der Waals surface area contributed by atoms with Crippen molar-refractivity contribution in [1.29, 1.82) is 0 Å². The number of carbonyl (C=O) groups excluding carboxylic acids is 2. The molecule has 12 nitrogen and oxygen atoms in total. The molecule has 2 heterocycles. The molecule has 0 spiro atoms. The Morgan fingerprint density at radius 1 is 0.667 bits per heavy atom. The topological polar surface area (TPSA) is 196 Å². The van der Waals surface area contributed by atoms with Crippen molar-refractivity contribution in [2.45, 2.75) is 35.7 Å². The molecule has 2 aliphatic heterocycles. The fourth-order valence-electron chi connectivity index (χ4n) is 4.63. The number of aliphatic carboxylic acids is 2. The fourth-order valence-corrected chi connectivity index (χ4v) is 9.18. The monoisotopic (exact) mass is 656 g/mol. The highest BCUT2D eigenvalue weighted by molar-refractivity contribution is 8.87. The Morgan fingerprint density at radius 3 is 1.38 bits per heavy atom. The molecule has 0 amide bonds. The predicted molar refractivity (Wildman–Crippen MR) is 161 cm³/mol. The third kappa shape index (κ3) is 7.60. The summed E-state index contributed by atoms with van der Waals surface area (Å²) in [6.07, 6.45) is -0.0712. The van der Waals surface area contributed by atoms with E-state index in [4.69, 9.17) is 0 Å². The number of carboxylic acid groups (broad SMARTS) is 2. The van der Waals surface area contributed by atoms with Gasteiger partial charge in [0.1, 0.15) is 12.1 Å². The van der Waals surface area contributed by atoms with Crippen molar-refractivity contribution in [3.63, 3.8) is 0 Å². The summed E-state index contributed by atoms with van der Waals surface area (Å²) < 4.78 is 0. The summed E-state index contributed by atoms with van der Waals surface area (Å²) in [5, 5.41) is 56.7. The number of aromatic hydroxyl groups is 4. The van der Waals surface area contributed by atoms with Crippen LogP contribution in [0.2, 0.25) is 0 Å². The third-order valence-electron chi connectivity index (χ3n) is 6.74. The second kappa shape index (κ2) is 14.1. The summed E-state index contributed by atoms with van der Waals surface area (Å²) in [6.45, 7) is 0.201. The van der Waals surface area contributed by atoms with Gasteiger partial charge >= 0.3 is 11.9 Å². The number of nitrogens with zero attached hydrogens (tertiary/aromatic N) is 2. The van der Waals surface area contributed by atoms with E-state index >= 15 is 0 Å². The minimum absolute atomic E-state index is 0.0356. The molecule has 0 aromatic heterocycles. The lowest BCUT2D eigenvalue weighted by molar-refractivity contribution is -0.143. The van der Waals surface area contributed by atoms with Gasteiger partial charge in [-0.05, 0) is 57.0 Å². The van der Waals surface area contributed by atoms with Crippen molar-refractivity contribution >= 4 is 67.3 Å². The number of phenolic OH excluding ortho intramolecular Hbond substituents is 4. The van der Waals surface area contributed by atoms with E-state index in [0.717, 1.165) is 21.6 Å². The number of carbonyl (C=O) groups is 4. The number of rotatable bonds is 10. The largest absolute Gasteiger partial charge is 0.504 e. The van der Waals surface area contributed by atoms with Crippen LogP contribution in [-0.2, 0) is 19.2 Å². The van der Waals surface area contributed by atoms with E-state index < -0.39 is 34.8 Å². The van der Waals surface area contributed by atoms with Gasteiger partial charge in [0, 0.05) is 37.4 Å². The van der Waals surface area contributed by atoms with Crippen LogP contribution in [0.1, 0.15) is 34.7 Å². The zero-order valence-electron chi connectivity index (χ0n) is 21.9. The lowest BCUT2D eigenvalue weighted by Crippen LogP contribution is -2.40. The first-order valence-corrected chi connectivity index (χ1v) is 16.8. The van der Waals surface area contributed by atoms with Crippen LogP contribution in [0.15, 0.2) is 36.4 Å². The first-order chi connectivity index (χ1) is 20.0. The first kappa shape index (κ1) is 32.2. The fraction of sp³-hybridized carbons (Fsp3) is 0.385. The van der Waals surface area contributed by atoms with Crippen LogP contribution in [0.4, 0.5) is 0 Å². The standard InChI is InChI=1S/C26H28N2O10S4/c29-17-3-1-13(9-19(17)31)23-27(15(11-39-23)25(35)36)7-5-21(33)41-42-22(34)6-8-28-16(26(37)38)12-40-24(28)14-2-4-18(30)20(32)10-14/h1-4,9-10,15-16,23-24,29-32H,5-8,11-12H2,(H,35,36)(H,37,38). The Balaban J connectivity index is 1.30. The molecule has 42 heavy (non-hydrogen) atoms. The van der Waals surface area contributed by atoms with Gasteiger partial charge in [-0.2, -0.15) is 0 Å². The molecule has 4 unspecified atom stereocenters. The highest BCUT2D eigenvalue weighted by atomic mass is 33.1. The third-order valence-corrected chi connectivity index (χ3v) is 11.7. The normalized spacial score (nSPS) is 22.8. The average Bonchev–Trinajstić information content (AvgIpc) is 3.57. The van der Waals surface area contributed by atoms with Crippen LogP contribution in [-0.4, -0.2) is 99.3 Å². The Hall–Kier alpha value is -2.76. The van der Waals surface area contributed by atoms with Gasteiger partial charge in [-0.25, -0.2) is 0 Å². The molecule has 2 aromatic rings. The van der Waals surface area contributed by atoms with Gasteiger partial charge in [-0.3, -0.25) is 29.0 Å². The van der Waals surface area contributed by atoms with Gasteiger partial charge in [-0.15, -0.1) is 23.5 Å². The Labute approximate surface area is 256 Å². The molecule has 226 valence electrons. The van der Waals surface area contributed by atoms with Crippen molar-refractivity contribution in [2.75, 3.05) is 24.6 Å². The van der Waals surface area contributed by atoms with E-state index in [0.29, 0.717) is 11.1 Å². The molecule has 2 aliphatic rings. The Morgan fingerprint density at radius 2 is 1.05 bits per heavy atom. The minimum Gasteiger partial charge on any atom is -0.504 e. The minimum atomic E-state index is -1.04. The maximum Gasteiger partial charge on any atom is 0.321 e. The first-order valence-electron chi connectivity index (χ1n) is 12.6. The molecule has 6 N–H and O–H groups in total. The van der Waals surface area contributed by atoms with Crippen molar-refractivity contribution in [1.82, 2.24) is 9.80 Å². The van der Waals surface area contributed by atoms with Crippen LogP contribution >= 0.6 is 45.1 Å². The zero-order chi connectivity index (χ0) is 30.6. The Kier molecular flexibility index (Phi) is 10.8. The van der Waals surface area contributed by atoms with Gasteiger partial charge in [-0.1, -0.05) is 12.1 Å². The van der Waals surface area contributed by atoms with E-state index in [9.17, 15) is 49.8 Å². The van der Waals surface area contributed by atoms with Crippen LogP contribution in [0, 0.1) is 0 Å². The maximum atomic E-state index is 12.6. The van der Waals surface area contributed by atoms with E-state index in [1.165, 1.54) is 47.8 Å². The molecular weight excluding hydrogens is 629 g/mol. The van der Waals surface area contributed by atoms with E-state index in [1.807, 2.05) is 0 Å². The average molecular weight is 657 g/mol. The van der Waals surface area contributed by atoms with Gasteiger partial charge < -0.3 is 30.6 Å². The van der Waals surface area contributed by atoms with Gasteiger partial charge in [0.05, 0.1) is 10.7 Å². The molecular formula is C26H28N2O10S4. The summed E-state index contributed by atoms with van der Waals surface area (Å²) in [7, 11) is 1.49. The molecule has 0 bridgehead atoms. The second-order valence-electron chi connectivity index (χ2n) is 9.46. The van der Waals surface area contributed by atoms with Crippen LogP contribution in [0.3, 0.4) is 0 Å². The molecule has 2 aromatic carbocycles. The molecule has 2 saturated heterocycles. The Bertz CT molecular complexity index is 1260. The lowest BCUT2D eigenvalue weighted by Gasteiger charge is -2.27.